The Hall–Kier alpha value is -2.42. The molecule has 25 heavy (non-hydrogen) atoms. The Morgan fingerprint density at radius 1 is 1.32 bits per heavy atom. The van der Waals surface area contributed by atoms with Gasteiger partial charge in [0.2, 0.25) is 0 Å². The van der Waals surface area contributed by atoms with E-state index in [9.17, 15) is 26.4 Å². The molecule has 0 N–H and O–H groups in total. The molecule has 0 amide bonds. The Bertz CT molecular complexity index is 942. The lowest BCUT2D eigenvalue weighted by Crippen LogP contribution is -2.44. The Labute approximate surface area is 142 Å². The summed E-state index contributed by atoms with van der Waals surface area (Å²) < 4.78 is 65.5. The van der Waals surface area contributed by atoms with Crippen LogP contribution in [-0.2, 0) is 16.2 Å². The van der Waals surface area contributed by atoms with Crippen LogP contribution in [0.1, 0.15) is 29.4 Å². The van der Waals surface area contributed by atoms with Crippen molar-refractivity contribution in [2.45, 2.75) is 30.5 Å². The molecule has 0 aliphatic carbocycles. The molecule has 131 valence electrons. The summed E-state index contributed by atoms with van der Waals surface area (Å²) in [6.45, 7) is 1.51. The molecule has 1 aliphatic rings. The van der Waals surface area contributed by atoms with Crippen LogP contribution in [0.15, 0.2) is 41.4 Å². The molecule has 9 heteroatoms. The molecule has 1 radical (unpaired) electrons. The van der Waals surface area contributed by atoms with E-state index in [1.54, 1.807) is 0 Å². The average Bonchev–Trinajstić information content (AvgIpc) is 2.54. The van der Waals surface area contributed by atoms with Crippen molar-refractivity contribution in [3.05, 3.63) is 53.9 Å². The van der Waals surface area contributed by atoms with E-state index in [0.29, 0.717) is 6.07 Å². The van der Waals surface area contributed by atoms with Crippen molar-refractivity contribution in [1.82, 2.24) is 4.98 Å². The first kappa shape index (κ1) is 17.4. The summed E-state index contributed by atoms with van der Waals surface area (Å²) in [6.07, 6.45) is -3.54. The summed E-state index contributed by atoms with van der Waals surface area (Å²) >= 11 is 0. The van der Waals surface area contributed by atoms with Gasteiger partial charge >= 0.3 is 6.18 Å². The minimum atomic E-state index is -4.66. The SMILES string of the molecule is CC1CC(=O)c2nc[c]cc2N1S(=O)(=O)c1cccc(C(F)(F)F)c1. The number of sulfonamides is 1. The lowest BCUT2D eigenvalue weighted by Gasteiger charge is -2.34. The third-order valence-electron chi connectivity index (χ3n) is 3.83. The highest BCUT2D eigenvalue weighted by atomic mass is 32.2. The standard InChI is InChI=1S/C16H12F3N2O3S/c1-10-8-14(22)15-13(6-3-7-20-15)21(10)25(23,24)12-5-2-4-11(9-12)16(17,18)19/h2,4-7,9-10H,8H2,1H3. The topological polar surface area (TPSA) is 67.3 Å². The normalized spacial score (nSPS) is 18.2. The second kappa shape index (κ2) is 5.83. The third-order valence-corrected chi connectivity index (χ3v) is 5.76. The van der Waals surface area contributed by atoms with Crippen LogP contribution in [0.4, 0.5) is 18.9 Å². The predicted octanol–water partition coefficient (Wildman–Crippen LogP) is 3.07. The lowest BCUT2D eigenvalue weighted by atomic mass is 10.0. The Morgan fingerprint density at radius 2 is 2.04 bits per heavy atom. The van der Waals surface area contributed by atoms with Gasteiger partial charge in [-0.25, -0.2) is 8.42 Å². The number of carbonyl (C=O) groups is 1. The fourth-order valence-electron chi connectivity index (χ4n) is 2.73. The number of hydrogen-bond acceptors (Lipinski definition) is 4. The number of hydrogen-bond donors (Lipinski definition) is 0. The second-order valence-electron chi connectivity index (χ2n) is 5.61. The van der Waals surface area contributed by atoms with Gasteiger partial charge in [-0.05, 0) is 31.2 Å². The van der Waals surface area contributed by atoms with E-state index < -0.39 is 32.7 Å². The summed E-state index contributed by atoms with van der Waals surface area (Å²) in [4.78, 5) is 15.4. The number of halogens is 3. The van der Waals surface area contributed by atoms with E-state index in [4.69, 9.17) is 0 Å². The summed E-state index contributed by atoms with van der Waals surface area (Å²) in [7, 11) is -4.31. The zero-order valence-corrected chi connectivity index (χ0v) is 13.7. The third kappa shape index (κ3) is 2.99. The number of Topliss-reactive ketones (excluding diaryl/α,β-unsaturated/α-hetero) is 1. The zero-order chi connectivity index (χ0) is 18.4. The number of nitrogens with zero attached hydrogens (tertiary/aromatic N) is 2. The fraction of sp³-hybridized carbons (Fsp3) is 0.250. The number of pyridine rings is 1. The monoisotopic (exact) mass is 369 g/mol. The van der Waals surface area contributed by atoms with Gasteiger partial charge in [0, 0.05) is 18.7 Å². The van der Waals surface area contributed by atoms with Gasteiger partial charge in [0.15, 0.2) is 5.78 Å². The predicted molar refractivity (Wildman–Crippen MR) is 82.6 cm³/mol. The Kier molecular flexibility index (Phi) is 4.06. The van der Waals surface area contributed by atoms with Crippen LogP contribution in [-0.4, -0.2) is 25.2 Å². The molecule has 2 aromatic rings. The summed E-state index contributed by atoms with van der Waals surface area (Å²) in [6, 6.07) is 6.64. The van der Waals surface area contributed by atoms with Crippen LogP contribution >= 0.6 is 0 Å². The number of benzene rings is 1. The van der Waals surface area contributed by atoms with Crippen molar-refractivity contribution < 1.29 is 26.4 Å². The van der Waals surface area contributed by atoms with Gasteiger partial charge in [0.05, 0.1) is 22.2 Å². The Balaban J connectivity index is 2.15. The number of anilines is 1. The molecule has 0 bridgehead atoms. The minimum Gasteiger partial charge on any atom is -0.292 e. The van der Waals surface area contributed by atoms with Crippen molar-refractivity contribution in [2.75, 3.05) is 4.31 Å². The first-order valence-electron chi connectivity index (χ1n) is 7.23. The second-order valence-corrected chi connectivity index (χ2v) is 7.42. The van der Waals surface area contributed by atoms with E-state index in [0.717, 1.165) is 22.5 Å². The van der Waals surface area contributed by atoms with Crippen LogP contribution in [0, 0.1) is 6.07 Å². The van der Waals surface area contributed by atoms with Gasteiger partial charge in [0.1, 0.15) is 5.69 Å². The van der Waals surface area contributed by atoms with Gasteiger partial charge in [-0.1, -0.05) is 6.07 Å². The average molecular weight is 369 g/mol. The molecule has 5 nitrogen and oxygen atoms in total. The molecule has 2 heterocycles. The van der Waals surface area contributed by atoms with E-state index in [-0.39, 0.29) is 23.6 Å². The van der Waals surface area contributed by atoms with Crippen LogP contribution < -0.4 is 4.31 Å². The van der Waals surface area contributed by atoms with Crippen LogP contribution in [0.3, 0.4) is 0 Å². The highest BCUT2D eigenvalue weighted by molar-refractivity contribution is 7.92. The maximum absolute atomic E-state index is 13.0. The largest absolute Gasteiger partial charge is 0.416 e. The van der Waals surface area contributed by atoms with Gasteiger partial charge in [-0.2, -0.15) is 13.2 Å². The van der Waals surface area contributed by atoms with E-state index in [1.807, 2.05) is 0 Å². The van der Waals surface area contributed by atoms with Crippen molar-refractivity contribution in [1.29, 1.82) is 0 Å². The van der Waals surface area contributed by atoms with Crippen molar-refractivity contribution in [3.8, 4) is 0 Å². The van der Waals surface area contributed by atoms with E-state index >= 15 is 0 Å². The highest BCUT2D eigenvalue weighted by Gasteiger charge is 2.39. The number of carbonyl (C=O) groups excluding carboxylic acids is 1. The van der Waals surface area contributed by atoms with Gasteiger partial charge in [-0.15, -0.1) is 0 Å². The molecule has 3 rings (SSSR count). The molecule has 0 fully saturated rings. The molecule has 1 aliphatic heterocycles. The number of rotatable bonds is 2. The first-order valence-corrected chi connectivity index (χ1v) is 8.67. The molecule has 1 aromatic carbocycles. The number of alkyl halides is 3. The number of fused-ring (bicyclic) bond motifs is 1. The van der Waals surface area contributed by atoms with E-state index in [2.05, 4.69) is 11.1 Å². The van der Waals surface area contributed by atoms with Crippen molar-refractivity contribution in [3.63, 3.8) is 0 Å². The Morgan fingerprint density at radius 3 is 2.72 bits per heavy atom. The van der Waals surface area contributed by atoms with Crippen LogP contribution in [0.25, 0.3) is 0 Å². The molecule has 1 unspecified atom stereocenters. The zero-order valence-electron chi connectivity index (χ0n) is 12.9. The van der Waals surface area contributed by atoms with E-state index in [1.165, 1.54) is 19.2 Å². The molecular formula is C16H12F3N2O3S. The lowest BCUT2D eigenvalue weighted by molar-refractivity contribution is -0.137. The summed E-state index contributed by atoms with van der Waals surface area (Å²) in [5.74, 6) is -0.327. The quantitative estimate of drug-likeness (QED) is 0.816. The molecule has 0 saturated carbocycles. The highest BCUT2D eigenvalue weighted by Crippen LogP contribution is 2.36. The van der Waals surface area contributed by atoms with Gasteiger partial charge in [0.25, 0.3) is 10.0 Å². The van der Waals surface area contributed by atoms with Crippen molar-refractivity contribution in [2.24, 2.45) is 0 Å². The van der Waals surface area contributed by atoms with Crippen molar-refractivity contribution >= 4 is 21.5 Å². The van der Waals surface area contributed by atoms with Gasteiger partial charge < -0.3 is 0 Å². The minimum absolute atomic E-state index is 0.0173. The number of aromatic nitrogens is 1. The fourth-order valence-corrected chi connectivity index (χ4v) is 4.43. The van der Waals surface area contributed by atoms with Crippen LogP contribution in [0.2, 0.25) is 0 Å². The maximum atomic E-state index is 13.0. The molecule has 1 aromatic heterocycles. The first-order chi connectivity index (χ1) is 11.6. The molecule has 0 saturated heterocycles. The van der Waals surface area contributed by atoms with Gasteiger partial charge in [-0.3, -0.25) is 14.1 Å². The molecular weight excluding hydrogens is 357 g/mol. The smallest absolute Gasteiger partial charge is 0.292 e. The van der Waals surface area contributed by atoms with Crippen LogP contribution in [0.5, 0.6) is 0 Å². The summed E-state index contributed by atoms with van der Waals surface area (Å²) in [5.41, 5.74) is -1.08. The molecule has 0 spiro atoms. The summed E-state index contributed by atoms with van der Waals surface area (Å²) in [5, 5.41) is 0. The molecule has 1 atom stereocenters. The number of ketones is 1. The maximum Gasteiger partial charge on any atom is 0.416 e.